The van der Waals surface area contributed by atoms with Gasteiger partial charge < -0.3 is 0 Å². The third-order valence-corrected chi connectivity index (χ3v) is 2.09. The Morgan fingerprint density at radius 1 is 1.78 bits per heavy atom. The van der Waals surface area contributed by atoms with Gasteiger partial charge in [0.2, 0.25) is 5.24 Å². The van der Waals surface area contributed by atoms with Gasteiger partial charge in [-0.2, -0.15) is 0 Å². The van der Waals surface area contributed by atoms with Crippen LogP contribution >= 0.6 is 27.5 Å². The van der Waals surface area contributed by atoms with Crippen molar-refractivity contribution in [2.24, 2.45) is 0 Å². The highest BCUT2D eigenvalue weighted by Gasteiger charge is 2.07. The van der Waals surface area contributed by atoms with E-state index in [0.717, 1.165) is 18.2 Å². The Hall–Kier alpha value is 0.505. The number of halogens is 2. The predicted octanol–water partition coefficient (Wildman–Crippen LogP) is 1.35. The predicted molar refractivity (Wildman–Crippen MR) is 46.2 cm³/mol. The Balaban J connectivity index is 3.27. The highest BCUT2D eigenvalue weighted by molar-refractivity contribution is 9.09. The molecule has 0 rings (SSSR count). The van der Waals surface area contributed by atoms with Gasteiger partial charge in [-0.05, 0) is 24.4 Å². The maximum absolute atomic E-state index is 10.4. The SMILES string of the molecule is BC(CCCBr)C(=O)Cl. The van der Waals surface area contributed by atoms with Gasteiger partial charge in [-0.1, -0.05) is 15.9 Å². The summed E-state index contributed by atoms with van der Waals surface area (Å²) < 4.78 is 0. The van der Waals surface area contributed by atoms with Crippen molar-refractivity contribution in [3.63, 3.8) is 0 Å². The molecular formula is C5H9BBrClO. The molecule has 0 aromatic rings. The summed E-state index contributed by atoms with van der Waals surface area (Å²) in [5.74, 6) is 0.0178. The van der Waals surface area contributed by atoms with Gasteiger partial charge in [0, 0.05) is 11.1 Å². The largest absolute Gasteiger partial charge is 0.282 e. The van der Waals surface area contributed by atoms with Gasteiger partial charge in [0.15, 0.2) is 0 Å². The second-order valence-electron chi connectivity index (χ2n) is 2.04. The molecule has 1 nitrogen and oxygen atoms in total. The van der Waals surface area contributed by atoms with E-state index in [1.54, 1.807) is 0 Å². The van der Waals surface area contributed by atoms with Crippen LogP contribution in [-0.4, -0.2) is 18.4 Å². The summed E-state index contributed by atoms with van der Waals surface area (Å²) >= 11 is 8.48. The lowest BCUT2D eigenvalue weighted by Gasteiger charge is -2.01. The fourth-order valence-corrected chi connectivity index (χ4v) is 0.930. The Kier molecular flexibility index (Phi) is 5.60. The molecule has 0 aliphatic carbocycles. The second kappa shape index (κ2) is 5.30. The maximum Gasteiger partial charge on any atom is 0.216 e. The van der Waals surface area contributed by atoms with E-state index in [-0.39, 0.29) is 11.1 Å². The molecule has 0 aliphatic rings. The lowest BCUT2D eigenvalue weighted by atomic mass is 9.85. The smallest absolute Gasteiger partial charge is 0.216 e. The van der Waals surface area contributed by atoms with Crippen molar-refractivity contribution in [3.8, 4) is 0 Å². The fourth-order valence-electron chi connectivity index (χ4n) is 0.497. The minimum atomic E-state index is -0.226. The van der Waals surface area contributed by atoms with Gasteiger partial charge in [0.05, 0.1) is 0 Å². The number of carbonyl (C=O) groups is 1. The van der Waals surface area contributed by atoms with Crippen molar-refractivity contribution in [1.82, 2.24) is 0 Å². The summed E-state index contributed by atoms with van der Waals surface area (Å²) in [7, 11) is 1.85. The molecule has 9 heavy (non-hydrogen) atoms. The molecule has 0 amide bonds. The minimum absolute atomic E-state index is 0.0178. The molecule has 0 aromatic carbocycles. The van der Waals surface area contributed by atoms with Crippen LogP contribution in [0.2, 0.25) is 5.82 Å². The Labute approximate surface area is 69.7 Å². The highest BCUT2D eigenvalue weighted by Crippen LogP contribution is 2.12. The van der Waals surface area contributed by atoms with Crippen LogP contribution in [0.3, 0.4) is 0 Å². The average Bonchev–Trinajstić information content (AvgIpc) is 1.82. The summed E-state index contributed by atoms with van der Waals surface area (Å²) in [4.78, 5) is 10.4. The van der Waals surface area contributed by atoms with Crippen LogP contribution in [0, 0.1) is 0 Å². The number of hydrogen-bond acceptors (Lipinski definition) is 1. The molecule has 0 N–H and O–H groups in total. The van der Waals surface area contributed by atoms with Crippen LogP contribution in [-0.2, 0) is 4.79 Å². The molecule has 0 bridgehead atoms. The van der Waals surface area contributed by atoms with Gasteiger partial charge in [-0.3, -0.25) is 4.79 Å². The van der Waals surface area contributed by atoms with Gasteiger partial charge in [0.25, 0.3) is 0 Å². The Morgan fingerprint density at radius 2 is 2.33 bits per heavy atom. The topological polar surface area (TPSA) is 17.1 Å². The molecule has 0 saturated carbocycles. The van der Waals surface area contributed by atoms with E-state index in [1.165, 1.54) is 0 Å². The van der Waals surface area contributed by atoms with Crippen molar-refractivity contribution in [2.75, 3.05) is 5.33 Å². The summed E-state index contributed by atoms with van der Waals surface area (Å²) in [6.07, 6.45) is 1.90. The Bertz CT molecular complexity index is 99.0. The van der Waals surface area contributed by atoms with Crippen LogP contribution < -0.4 is 0 Å². The van der Waals surface area contributed by atoms with E-state index in [2.05, 4.69) is 15.9 Å². The summed E-state index contributed by atoms with van der Waals surface area (Å²) in [5.41, 5.74) is 0. The van der Waals surface area contributed by atoms with E-state index in [4.69, 9.17) is 11.6 Å². The average molecular weight is 211 g/mol. The molecule has 0 saturated heterocycles. The zero-order valence-corrected chi connectivity index (χ0v) is 7.70. The molecule has 0 heterocycles. The monoisotopic (exact) mass is 210 g/mol. The summed E-state index contributed by atoms with van der Waals surface area (Å²) in [6, 6.07) is 0. The first-order valence-electron chi connectivity index (χ1n) is 2.93. The molecular weight excluding hydrogens is 202 g/mol. The normalized spacial score (nSPS) is 13.1. The van der Waals surface area contributed by atoms with Gasteiger partial charge in [0.1, 0.15) is 7.85 Å². The van der Waals surface area contributed by atoms with Crippen LogP contribution in [0.4, 0.5) is 0 Å². The van der Waals surface area contributed by atoms with Gasteiger partial charge in [-0.15, -0.1) is 0 Å². The third kappa shape index (κ3) is 4.98. The van der Waals surface area contributed by atoms with Crippen LogP contribution in [0.25, 0.3) is 0 Å². The number of carbonyl (C=O) groups excluding carboxylic acids is 1. The molecule has 0 radical (unpaired) electrons. The summed E-state index contributed by atoms with van der Waals surface area (Å²) in [5, 5.41) is 0.720. The molecule has 0 aliphatic heterocycles. The minimum Gasteiger partial charge on any atom is -0.282 e. The van der Waals surface area contributed by atoms with Crippen molar-refractivity contribution in [2.45, 2.75) is 18.7 Å². The highest BCUT2D eigenvalue weighted by atomic mass is 79.9. The molecule has 1 atom stereocenters. The van der Waals surface area contributed by atoms with E-state index in [9.17, 15) is 4.79 Å². The van der Waals surface area contributed by atoms with Crippen molar-refractivity contribution in [1.29, 1.82) is 0 Å². The quantitative estimate of drug-likeness (QED) is 0.390. The number of rotatable bonds is 4. The van der Waals surface area contributed by atoms with Crippen molar-refractivity contribution < 1.29 is 4.79 Å². The van der Waals surface area contributed by atoms with Crippen molar-refractivity contribution in [3.05, 3.63) is 0 Å². The lowest BCUT2D eigenvalue weighted by Crippen LogP contribution is -2.00. The van der Waals surface area contributed by atoms with Gasteiger partial charge >= 0.3 is 0 Å². The molecule has 0 fully saturated rings. The Morgan fingerprint density at radius 3 is 2.67 bits per heavy atom. The van der Waals surface area contributed by atoms with Crippen LogP contribution in [0.1, 0.15) is 12.8 Å². The van der Waals surface area contributed by atoms with Gasteiger partial charge in [-0.25, -0.2) is 0 Å². The molecule has 1 unspecified atom stereocenters. The first kappa shape index (κ1) is 9.50. The molecule has 4 heteroatoms. The molecule has 0 aromatic heterocycles. The fraction of sp³-hybridized carbons (Fsp3) is 0.800. The number of alkyl halides is 1. The molecule has 52 valence electrons. The third-order valence-electron chi connectivity index (χ3n) is 1.16. The number of hydrogen-bond donors (Lipinski definition) is 0. The van der Waals surface area contributed by atoms with Crippen LogP contribution in [0.5, 0.6) is 0 Å². The first-order chi connectivity index (χ1) is 4.18. The zero-order chi connectivity index (χ0) is 7.28. The summed E-state index contributed by atoms with van der Waals surface area (Å²) in [6.45, 7) is 0. The zero-order valence-electron chi connectivity index (χ0n) is 5.36. The first-order valence-corrected chi connectivity index (χ1v) is 4.43. The van der Waals surface area contributed by atoms with Crippen LogP contribution in [0.15, 0.2) is 0 Å². The lowest BCUT2D eigenvalue weighted by molar-refractivity contribution is -0.111. The van der Waals surface area contributed by atoms with Crippen molar-refractivity contribution >= 4 is 40.6 Å². The van der Waals surface area contributed by atoms with E-state index in [1.807, 2.05) is 7.85 Å². The molecule has 0 spiro atoms. The second-order valence-corrected chi connectivity index (χ2v) is 3.20. The van der Waals surface area contributed by atoms with E-state index >= 15 is 0 Å². The van der Waals surface area contributed by atoms with E-state index < -0.39 is 0 Å². The standard InChI is InChI=1S/C5H9BBrClO/c6-4(5(8)9)2-1-3-7/h4H,1-3,6H2. The van der Waals surface area contributed by atoms with E-state index in [0.29, 0.717) is 0 Å². The maximum atomic E-state index is 10.4.